The Morgan fingerprint density at radius 3 is 2.44 bits per heavy atom. The van der Waals surface area contributed by atoms with Gasteiger partial charge in [0.05, 0.1) is 10.5 Å². The number of nitrogens with zero attached hydrogens (tertiary/aromatic N) is 1. The molecular formula is C21H15ClN2O. The Bertz CT molecular complexity index is 1100. The molecule has 1 aromatic heterocycles. The molecule has 1 heterocycles. The van der Waals surface area contributed by atoms with Gasteiger partial charge in [-0.05, 0) is 41.3 Å². The first-order valence-electron chi connectivity index (χ1n) is 7.90. The summed E-state index contributed by atoms with van der Waals surface area (Å²) in [6, 6.07) is 23.3. The van der Waals surface area contributed by atoms with Crippen molar-refractivity contribution in [2.24, 2.45) is 5.73 Å². The summed E-state index contributed by atoms with van der Waals surface area (Å²) in [5.74, 6) is -0.466. The van der Waals surface area contributed by atoms with Gasteiger partial charge in [-0.15, -0.1) is 0 Å². The van der Waals surface area contributed by atoms with Crippen molar-refractivity contribution in [3.05, 3.63) is 89.6 Å². The first-order valence-corrected chi connectivity index (χ1v) is 8.28. The molecule has 0 fully saturated rings. The van der Waals surface area contributed by atoms with Crippen LogP contribution in [0.2, 0.25) is 5.02 Å². The first kappa shape index (κ1) is 15.5. The minimum Gasteiger partial charge on any atom is -0.366 e. The molecule has 0 spiro atoms. The van der Waals surface area contributed by atoms with Gasteiger partial charge in [0.1, 0.15) is 0 Å². The van der Waals surface area contributed by atoms with E-state index >= 15 is 0 Å². The Balaban J connectivity index is 1.84. The first-order chi connectivity index (χ1) is 12.1. The summed E-state index contributed by atoms with van der Waals surface area (Å²) >= 11 is 6.54. The molecule has 0 aliphatic carbocycles. The predicted octanol–water partition coefficient (Wildman–Crippen LogP) is 5.05. The number of para-hydroxylation sites is 1. The highest BCUT2D eigenvalue weighted by Gasteiger charge is 2.13. The highest BCUT2D eigenvalue weighted by Crippen LogP contribution is 2.33. The molecule has 4 heteroatoms. The average molecular weight is 347 g/mol. The van der Waals surface area contributed by atoms with Crippen molar-refractivity contribution in [3.8, 4) is 16.8 Å². The quantitative estimate of drug-likeness (QED) is 0.554. The fourth-order valence-corrected chi connectivity index (χ4v) is 3.39. The number of nitrogens with two attached hydrogens (primary N) is 1. The van der Waals surface area contributed by atoms with E-state index in [-0.39, 0.29) is 0 Å². The Kier molecular flexibility index (Phi) is 3.79. The van der Waals surface area contributed by atoms with E-state index in [0.717, 1.165) is 22.3 Å². The van der Waals surface area contributed by atoms with Crippen LogP contribution in [0.25, 0.3) is 27.7 Å². The molecule has 0 radical (unpaired) electrons. The molecule has 0 aliphatic heterocycles. The summed E-state index contributed by atoms with van der Waals surface area (Å²) in [4.78, 5) is 11.7. The lowest BCUT2D eigenvalue weighted by Gasteiger charge is -2.12. The summed E-state index contributed by atoms with van der Waals surface area (Å²) in [6.07, 6.45) is 2.02. The minimum absolute atomic E-state index is 0.462. The number of halogens is 1. The van der Waals surface area contributed by atoms with Crippen LogP contribution in [0.4, 0.5) is 0 Å². The maximum Gasteiger partial charge on any atom is 0.249 e. The Morgan fingerprint density at radius 2 is 1.64 bits per heavy atom. The third kappa shape index (κ3) is 2.69. The van der Waals surface area contributed by atoms with Crippen LogP contribution in [0.1, 0.15) is 10.4 Å². The van der Waals surface area contributed by atoms with Crippen LogP contribution >= 0.6 is 11.6 Å². The number of benzene rings is 3. The predicted molar refractivity (Wildman–Crippen MR) is 102 cm³/mol. The van der Waals surface area contributed by atoms with Gasteiger partial charge in [0.2, 0.25) is 5.91 Å². The van der Waals surface area contributed by atoms with E-state index in [9.17, 15) is 4.79 Å². The van der Waals surface area contributed by atoms with Gasteiger partial charge in [-0.25, -0.2) is 0 Å². The number of aromatic nitrogens is 1. The van der Waals surface area contributed by atoms with Crippen LogP contribution < -0.4 is 5.73 Å². The maximum atomic E-state index is 11.7. The van der Waals surface area contributed by atoms with E-state index in [0.29, 0.717) is 10.6 Å². The normalized spacial score (nSPS) is 10.9. The van der Waals surface area contributed by atoms with E-state index in [1.165, 1.54) is 5.39 Å². The fraction of sp³-hybridized carbons (Fsp3) is 0. The van der Waals surface area contributed by atoms with E-state index < -0.39 is 5.91 Å². The Labute approximate surface area is 150 Å². The minimum atomic E-state index is -0.466. The van der Waals surface area contributed by atoms with Gasteiger partial charge in [0.15, 0.2) is 0 Å². The van der Waals surface area contributed by atoms with Crippen LogP contribution in [0.5, 0.6) is 0 Å². The number of hydrogen-bond donors (Lipinski definition) is 1. The van der Waals surface area contributed by atoms with E-state index in [1.54, 1.807) is 12.1 Å². The highest BCUT2D eigenvalue weighted by atomic mass is 35.5. The molecule has 1 amide bonds. The van der Waals surface area contributed by atoms with Gasteiger partial charge in [0.25, 0.3) is 0 Å². The molecule has 0 aliphatic rings. The SMILES string of the molecule is NC(=O)c1ccccc1-c1ccc(-n2ccc3ccccc32)cc1Cl. The zero-order valence-corrected chi connectivity index (χ0v) is 14.1. The van der Waals surface area contributed by atoms with Gasteiger partial charge >= 0.3 is 0 Å². The summed E-state index contributed by atoms with van der Waals surface area (Å²) in [5, 5.41) is 1.74. The van der Waals surface area contributed by atoms with Crippen LogP contribution in [0.3, 0.4) is 0 Å². The largest absolute Gasteiger partial charge is 0.366 e. The molecule has 4 rings (SSSR count). The maximum absolute atomic E-state index is 11.7. The van der Waals surface area contributed by atoms with Gasteiger partial charge in [0, 0.05) is 23.0 Å². The number of hydrogen-bond acceptors (Lipinski definition) is 1. The van der Waals surface area contributed by atoms with Crippen molar-refractivity contribution in [2.45, 2.75) is 0 Å². The second-order valence-electron chi connectivity index (χ2n) is 5.82. The number of primary amides is 1. The summed E-state index contributed by atoms with van der Waals surface area (Å²) in [6.45, 7) is 0. The fourth-order valence-electron chi connectivity index (χ4n) is 3.11. The van der Waals surface area contributed by atoms with Crippen molar-refractivity contribution in [3.63, 3.8) is 0 Å². The molecule has 0 atom stereocenters. The third-order valence-corrected chi connectivity index (χ3v) is 4.63. The molecule has 4 aromatic rings. The summed E-state index contributed by atoms with van der Waals surface area (Å²) < 4.78 is 2.09. The molecule has 3 nitrogen and oxygen atoms in total. The highest BCUT2D eigenvalue weighted by molar-refractivity contribution is 6.33. The lowest BCUT2D eigenvalue weighted by atomic mass is 9.99. The Hall–Kier alpha value is -3.04. The lowest BCUT2D eigenvalue weighted by Crippen LogP contribution is -2.12. The molecule has 122 valence electrons. The molecular weight excluding hydrogens is 332 g/mol. The number of fused-ring (bicyclic) bond motifs is 1. The van der Waals surface area contributed by atoms with Crippen LogP contribution in [-0.4, -0.2) is 10.5 Å². The second-order valence-corrected chi connectivity index (χ2v) is 6.23. The topological polar surface area (TPSA) is 48.0 Å². The second kappa shape index (κ2) is 6.11. The van der Waals surface area contributed by atoms with Crippen molar-refractivity contribution in [2.75, 3.05) is 0 Å². The average Bonchev–Trinajstić information content (AvgIpc) is 3.06. The standard InChI is InChI=1S/C21H15ClN2O/c22-19-13-15(24-12-11-14-5-1-4-8-20(14)24)9-10-17(19)16-6-2-3-7-18(16)21(23)25/h1-13H,(H2,23,25). The summed E-state index contributed by atoms with van der Waals surface area (Å²) in [7, 11) is 0. The van der Waals surface area contributed by atoms with E-state index in [2.05, 4.69) is 22.8 Å². The van der Waals surface area contributed by atoms with Gasteiger partial charge in [-0.3, -0.25) is 4.79 Å². The van der Waals surface area contributed by atoms with Gasteiger partial charge in [-0.2, -0.15) is 0 Å². The number of rotatable bonds is 3. The number of amides is 1. The molecule has 25 heavy (non-hydrogen) atoms. The van der Waals surface area contributed by atoms with Gasteiger partial charge < -0.3 is 10.3 Å². The van der Waals surface area contributed by atoms with Crippen molar-refractivity contribution in [1.82, 2.24) is 4.57 Å². The van der Waals surface area contributed by atoms with Crippen LogP contribution in [-0.2, 0) is 0 Å². The summed E-state index contributed by atoms with van der Waals surface area (Å²) in [5.41, 5.74) is 9.55. The molecule has 3 aromatic carbocycles. The molecule has 0 saturated heterocycles. The molecule has 0 saturated carbocycles. The van der Waals surface area contributed by atoms with E-state index in [1.807, 2.05) is 48.7 Å². The van der Waals surface area contributed by atoms with Crippen LogP contribution in [0, 0.1) is 0 Å². The van der Waals surface area contributed by atoms with Gasteiger partial charge in [-0.1, -0.05) is 54.1 Å². The molecule has 0 bridgehead atoms. The molecule has 2 N–H and O–H groups in total. The third-order valence-electron chi connectivity index (χ3n) is 4.31. The zero-order valence-electron chi connectivity index (χ0n) is 13.3. The number of carbonyl (C=O) groups excluding carboxylic acids is 1. The smallest absolute Gasteiger partial charge is 0.249 e. The monoisotopic (exact) mass is 346 g/mol. The molecule has 0 unspecified atom stereocenters. The zero-order chi connectivity index (χ0) is 17.4. The van der Waals surface area contributed by atoms with Crippen LogP contribution in [0.15, 0.2) is 79.0 Å². The van der Waals surface area contributed by atoms with Crippen molar-refractivity contribution >= 4 is 28.4 Å². The number of carbonyl (C=O) groups is 1. The van der Waals surface area contributed by atoms with Crippen molar-refractivity contribution in [1.29, 1.82) is 0 Å². The lowest BCUT2D eigenvalue weighted by molar-refractivity contribution is 0.100. The van der Waals surface area contributed by atoms with Crippen molar-refractivity contribution < 1.29 is 4.79 Å². The van der Waals surface area contributed by atoms with E-state index in [4.69, 9.17) is 17.3 Å². The Morgan fingerprint density at radius 1 is 0.880 bits per heavy atom.